The summed E-state index contributed by atoms with van der Waals surface area (Å²) in [6.45, 7) is 0.0518. The van der Waals surface area contributed by atoms with Gasteiger partial charge in [-0.3, -0.25) is 9.78 Å². The zero-order chi connectivity index (χ0) is 16.1. The molecule has 2 heterocycles. The maximum atomic E-state index is 13.0. The molecular weight excluding hydrogens is 315 g/mol. The quantitative estimate of drug-likeness (QED) is 0.671. The maximum Gasteiger partial charge on any atom is 0.312 e. The molecule has 0 saturated heterocycles. The fourth-order valence-electron chi connectivity index (χ4n) is 2.00. The van der Waals surface area contributed by atoms with Crippen LogP contribution in [-0.2, 0) is 22.6 Å². The number of hydrogen-bond acceptors (Lipinski definition) is 5. The molecule has 0 aliphatic rings. The third-order valence-corrected chi connectivity index (χ3v) is 4.01. The van der Waals surface area contributed by atoms with Gasteiger partial charge in [-0.15, -0.1) is 11.3 Å². The van der Waals surface area contributed by atoms with Crippen LogP contribution in [0.3, 0.4) is 0 Å². The Bertz CT molecular complexity index is 805. The summed E-state index contributed by atoms with van der Waals surface area (Å²) in [4.78, 5) is 20.3. The van der Waals surface area contributed by atoms with Crippen LogP contribution in [0.15, 0.2) is 54.2 Å². The van der Waals surface area contributed by atoms with Crippen molar-refractivity contribution in [3.05, 3.63) is 71.2 Å². The number of carbonyl (C=O) groups excluding carboxylic acids is 1. The highest BCUT2D eigenvalue weighted by Crippen LogP contribution is 2.22. The van der Waals surface area contributed by atoms with Crippen LogP contribution in [0.2, 0.25) is 0 Å². The molecule has 0 bridgehead atoms. The lowest BCUT2D eigenvalue weighted by molar-refractivity contribution is -0.144. The molecule has 0 N–H and O–H groups in total. The number of nitrogens with zero attached hydrogens (tertiary/aromatic N) is 2. The lowest BCUT2D eigenvalue weighted by atomic mass is 10.2. The Morgan fingerprint density at radius 3 is 2.96 bits per heavy atom. The predicted octanol–water partition coefficient (Wildman–Crippen LogP) is 3.63. The highest BCUT2D eigenvalue weighted by atomic mass is 32.1. The Labute approximate surface area is 136 Å². The third-order valence-electron chi connectivity index (χ3n) is 3.07. The van der Waals surface area contributed by atoms with Crippen molar-refractivity contribution >= 4 is 17.3 Å². The van der Waals surface area contributed by atoms with E-state index in [4.69, 9.17) is 4.74 Å². The molecule has 116 valence electrons. The molecule has 6 heteroatoms. The van der Waals surface area contributed by atoms with E-state index in [-0.39, 0.29) is 18.8 Å². The summed E-state index contributed by atoms with van der Waals surface area (Å²) in [5.41, 5.74) is 2.18. The minimum Gasteiger partial charge on any atom is -0.461 e. The number of pyridine rings is 1. The molecule has 0 saturated carbocycles. The number of halogens is 1. The Kier molecular flexibility index (Phi) is 4.73. The number of esters is 1. The van der Waals surface area contributed by atoms with Gasteiger partial charge >= 0.3 is 5.97 Å². The second-order valence-corrected chi connectivity index (χ2v) is 5.71. The second-order valence-electron chi connectivity index (χ2n) is 4.85. The minimum absolute atomic E-state index is 0.0518. The van der Waals surface area contributed by atoms with Crippen LogP contribution < -0.4 is 0 Å². The molecule has 23 heavy (non-hydrogen) atoms. The minimum atomic E-state index is -0.391. The summed E-state index contributed by atoms with van der Waals surface area (Å²) in [7, 11) is 0. The molecule has 0 aliphatic carbocycles. The Balaban J connectivity index is 1.57. The molecule has 0 aliphatic heterocycles. The van der Waals surface area contributed by atoms with Crippen LogP contribution in [0.5, 0.6) is 0 Å². The van der Waals surface area contributed by atoms with Crippen molar-refractivity contribution < 1.29 is 13.9 Å². The van der Waals surface area contributed by atoms with E-state index in [1.54, 1.807) is 24.5 Å². The zero-order valence-electron chi connectivity index (χ0n) is 12.1. The van der Waals surface area contributed by atoms with Crippen LogP contribution in [0.1, 0.15) is 11.3 Å². The average Bonchev–Trinajstić information content (AvgIpc) is 3.02. The molecule has 2 aromatic heterocycles. The normalized spacial score (nSPS) is 10.5. The van der Waals surface area contributed by atoms with E-state index in [0.717, 1.165) is 10.6 Å². The molecule has 0 unspecified atom stereocenters. The van der Waals surface area contributed by atoms with Crippen LogP contribution in [-0.4, -0.2) is 15.9 Å². The first-order valence-electron chi connectivity index (χ1n) is 6.95. The number of rotatable bonds is 5. The summed E-state index contributed by atoms with van der Waals surface area (Å²) in [6, 6.07) is 9.73. The fraction of sp³-hybridized carbons (Fsp3) is 0.118. The van der Waals surface area contributed by atoms with Crippen LogP contribution in [0, 0.1) is 5.82 Å². The van der Waals surface area contributed by atoms with E-state index in [0.29, 0.717) is 11.3 Å². The summed E-state index contributed by atoms with van der Waals surface area (Å²) in [6.07, 6.45) is 3.51. The van der Waals surface area contributed by atoms with Gasteiger partial charge in [-0.05, 0) is 29.8 Å². The maximum absolute atomic E-state index is 13.0. The lowest BCUT2D eigenvalue weighted by Gasteiger charge is -2.04. The van der Waals surface area contributed by atoms with Gasteiger partial charge in [0.2, 0.25) is 0 Å². The molecular formula is C17H13FN2O2S. The Morgan fingerprint density at radius 1 is 1.26 bits per heavy atom. The summed E-state index contributed by atoms with van der Waals surface area (Å²) >= 11 is 1.45. The van der Waals surface area contributed by atoms with E-state index in [1.807, 2.05) is 17.5 Å². The van der Waals surface area contributed by atoms with E-state index >= 15 is 0 Å². The first-order valence-corrected chi connectivity index (χ1v) is 7.83. The number of ether oxygens (including phenoxy) is 1. The molecule has 3 aromatic rings. The smallest absolute Gasteiger partial charge is 0.312 e. The van der Waals surface area contributed by atoms with E-state index < -0.39 is 5.97 Å². The van der Waals surface area contributed by atoms with Crippen molar-refractivity contribution in [2.24, 2.45) is 0 Å². The number of thiazole rings is 1. The first kappa shape index (κ1) is 15.3. The molecule has 0 fully saturated rings. The van der Waals surface area contributed by atoms with Gasteiger partial charge in [-0.2, -0.15) is 0 Å². The second kappa shape index (κ2) is 7.11. The van der Waals surface area contributed by atoms with Crippen LogP contribution in [0.25, 0.3) is 10.6 Å². The summed E-state index contributed by atoms with van der Waals surface area (Å²) in [5, 5.41) is 2.64. The highest BCUT2D eigenvalue weighted by molar-refractivity contribution is 7.13. The fourth-order valence-corrected chi connectivity index (χ4v) is 2.81. The van der Waals surface area contributed by atoms with Gasteiger partial charge in [0.15, 0.2) is 0 Å². The van der Waals surface area contributed by atoms with Crippen molar-refractivity contribution in [3.63, 3.8) is 0 Å². The van der Waals surface area contributed by atoms with E-state index in [1.165, 1.54) is 23.5 Å². The van der Waals surface area contributed by atoms with Gasteiger partial charge in [0.05, 0.1) is 12.1 Å². The van der Waals surface area contributed by atoms with Gasteiger partial charge in [0, 0.05) is 23.3 Å². The highest BCUT2D eigenvalue weighted by Gasteiger charge is 2.10. The zero-order valence-corrected chi connectivity index (χ0v) is 12.9. The molecule has 3 rings (SSSR count). The standard InChI is InChI=1S/C17H13FN2O2S/c18-14-5-1-3-12(7-14)10-22-16(21)8-15-11-23-17(20-15)13-4-2-6-19-9-13/h1-7,9,11H,8,10H2. The van der Waals surface area contributed by atoms with E-state index in [2.05, 4.69) is 9.97 Å². The largest absolute Gasteiger partial charge is 0.461 e. The Hall–Kier alpha value is -2.60. The van der Waals surface area contributed by atoms with Gasteiger partial charge < -0.3 is 4.74 Å². The average molecular weight is 328 g/mol. The first-order chi connectivity index (χ1) is 11.2. The molecule has 4 nitrogen and oxygen atoms in total. The molecule has 0 atom stereocenters. The van der Waals surface area contributed by atoms with Crippen molar-refractivity contribution in [1.29, 1.82) is 0 Å². The van der Waals surface area contributed by atoms with Gasteiger partial charge in [-0.25, -0.2) is 9.37 Å². The van der Waals surface area contributed by atoms with Crippen molar-refractivity contribution in [3.8, 4) is 10.6 Å². The van der Waals surface area contributed by atoms with Gasteiger partial charge in [-0.1, -0.05) is 12.1 Å². The van der Waals surface area contributed by atoms with Gasteiger partial charge in [0.1, 0.15) is 17.4 Å². The van der Waals surface area contributed by atoms with Gasteiger partial charge in [0.25, 0.3) is 0 Å². The monoisotopic (exact) mass is 328 g/mol. The molecule has 0 spiro atoms. The van der Waals surface area contributed by atoms with E-state index in [9.17, 15) is 9.18 Å². The molecule has 0 amide bonds. The molecule has 0 radical (unpaired) electrons. The Morgan fingerprint density at radius 2 is 2.17 bits per heavy atom. The topological polar surface area (TPSA) is 52.1 Å². The van der Waals surface area contributed by atoms with Crippen LogP contribution >= 0.6 is 11.3 Å². The number of aromatic nitrogens is 2. The number of benzene rings is 1. The van der Waals surface area contributed by atoms with Crippen molar-refractivity contribution in [1.82, 2.24) is 9.97 Å². The third kappa shape index (κ3) is 4.20. The molecule has 1 aromatic carbocycles. The SMILES string of the molecule is O=C(Cc1csc(-c2cccnc2)n1)OCc1cccc(F)c1. The number of hydrogen-bond donors (Lipinski definition) is 0. The van der Waals surface area contributed by atoms with Crippen molar-refractivity contribution in [2.75, 3.05) is 0 Å². The summed E-state index contributed by atoms with van der Waals surface area (Å²) < 4.78 is 18.2. The lowest BCUT2D eigenvalue weighted by Crippen LogP contribution is -2.08. The summed E-state index contributed by atoms with van der Waals surface area (Å²) in [5.74, 6) is -0.739. The van der Waals surface area contributed by atoms with Crippen molar-refractivity contribution in [2.45, 2.75) is 13.0 Å². The predicted molar refractivity (Wildman–Crippen MR) is 85.2 cm³/mol. The van der Waals surface area contributed by atoms with Crippen LogP contribution in [0.4, 0.5) is 4.39 Å². The number of carbonyl (C=O) groups is 1.